The van der Waals surface area contributed by atoms with Crippen molar-refractivity contribution in [1.29, 1.82) is 0 Å². The number of rotatable bonds is 4. The first-order valence-electron chi connectivity index (χ1n) is 6.73. The van der Waals surface area contributed by atoms with Crippen molar-refractivity contribution in [1.82, 2.24) is 9.21 Å². The van der Waals surface area contributed by atoms with E-state index in [-0.39, 0.29) is 16.4 Å². The van der Waals surface area contributed by atoms with E-state index in [9.17, 15) is 18.0 Å². The van der Waals surface area contributed by atoms with Crippen LogP contribution in [0.5, 0.6) is 0 Å². The molecule has 0 aliphatic carbocycles. The fourth-order valence-corrected chi connectivity index (χ4v) is 3.25. The van der Waals surface area contributed by atoms with E-state index in [2.05, 4.69) is 0 Å². The minimum absolute atomic E-state index is 0.0774. The number of carbonyl (C=O) groups excluding carboxylic acids is 1. The van der Waals surface area contributed by atoms with Crippen molar-refractivity contribution in [2.24, 2.45) is 0 Å². The van der Waals surface area contributed by atoms with Gasteiger partial charge in [-0.15, -0.1) is 0 Å². The average Bonchev–Trinajstić information content (AvgIpc) is 3.04. The first-order valence-corrected chi connectivity index (χ1v) is 8.17. The topological polar surface area (TPSA) is 108 Å². The first-order chi connectivity index (χ1) is 10.2. The van der Waals surface area contributed by atoms with Crippen LogP contribution in [0.25, 0.3) is 0 Å². The van der Waals surface area contributed by atoms with Gasteiger partial charge in [-0.25, -0.2) is 17.5 Å². The summed E-state index contributed by atoms with van der Waals surface area (Å²) >= 11 is 0. The van der Waals surface area contributed by atoms with Crippen molar-refractivity contribution in [2.45, 2.75) is 30.9 Å². The summed E-state index contributed by atoms with van der Waals surface area (Å²) in [5, 5.41) is 8.81. The zero-order valence-corrected chi connectivity index (χ0v) is 13.4. The zero-order chi connectivity index (χ0) is 16.7. The molecule has 22 heavy (non-hydrogen) atoms. The Morgan fingerprint density at radius 1 is 1.41 bits per heavy atom. The highest BCUT2D eigenvalue weighted by molar-refractivity contribution is 7.88. The Labute approximate surface area is 128 Å². The number of nitrogens with zero attached hydrogens (tertiary/aromatic N) is 2. The van der Waals surface area contributed by atoms with Gasteiger partial charge in [0.1, 0.15) is 11.8 Å². The van der Waals surface area contributed by atoms with E-state index < -0.39 is 27.9 Å². The molecule has 1 unspecified atom stereocenters. The highest BCUT2D eigenvalue weighted by Crippen LogP contribution is 2.26. The molecule has 1 aromatic heterocycles. The van der Waals surface area contributed by atoms with E-state index in [4.69, 9.17) is 9.52 Å². The maximum atomic E-state index is 12.5. The van der Waals surface area contributed by atoms with Crippen LogP contribution in [0.15, 0.2) is 15.6 Å². The number of hydrogen-bond donors (Lipinski definition) is 1. The summed E-state index contributed by atoms with van der Waals surface area (Å²) in [6.07, 6.45) is 0.989. The third kappa shape index (κ3) is 2.73. The Balaban J connectivity index is 2.36. The van der Waals surface area contributed by atoms with Crippen LogP contribution in [0, 0.1) is 6.92 Å². The predicted molar refractivity (Wildman–Crippen MR) is 76.0 cm³/mol. The number of sulfonamides is 1. The molecule has 1 aliphatic rings. The lowest BCUT2D eigenvalue weighted by Gasteiger charge is -2.20. The van der Waals surface area contributed by atoms with Gasteiger partial charge >= 0.3 is 5.97 Å². The first kappa shape index (κ1) is 16.5. The summed E-state index contributed by atoms with van der Waals surface area (Å²) < 4.78 is 30.2. The second-order valence-electron chi connectivity index (χ2n) is 5.32. The largest absolute Gasteiger partial charge is 0.480 e. The summed E-state index contributed by atoms with van der Waals surface area (Å²) in [6.45, 7) is 1.81. The summed E-state index contributed by atoms with van der Waals surface area (Å²) in [5.41, 5.74) is 0.0774. The standard InChI is InChI=1S/C13H18N2O6S/c1-8-9(7-11(21-8)22(19,20)14(2)3)12(16)15-6-4-5-10(15)13(17)18/h7,10H,4-6H2,1-3H3,(H,17,18). The normalized spacial score (nSPS) is 18.9. The third-order valence-electron chi connectivity index (χ3n) is 3.66. The molecule has 1 atom stereocenters. The average molecular weight is 330 g/mol. The highest BCUT2D eigenvalue weighted by atomic mass is 32.2. The Bertz CT molecular complexity index is 706. The van der Waals surface area contributed by atoms with Gasteiger partial charge in [0, 0.05) is 26.7 Å². The number of aryl methyl sites for hydroxylation is 1. The van der Waals surface area contributed by atoms with Crippen LogP contribution < -0.4 is 0 Å². The van der Waals surface area contributed by atoms with E-state index in [1.54, 1.807) is 0 Å². The summed E-state index contributed by atoms with van der Waals surface area (Å²) in [5.74, 6) is -1.43. The second kappa shape index (κ2) is 5.73. The highest BCUT2D eigenvalue weighted by Gasteiger charge is 2.36. The summed E-state index contributed by atoms with van der Waals surface area (Å²) in [7, 11) is -1.07. The van der Waals surface area contributed by atoms with Gasteiger partial charge in [-0.3, -0.25) is 4.79 Å². The maximum Gasteiger partial charge on any atom is 0.326 e. The van der Waals surface area contributed by atoms with Crippen molar-refractivity contribution in [3.63, 3.8) is 0 Å². The Morgan fingerprint density at radius 3 is 2.59 bits per heavy atom. The van der Waals surface area contributed by atoms with Crippen LogP contribution in [0.2, 0.25) is 0 Å². The minimum atomic E-state index is -3.79. The SMILES string of the molecule is Cc1oc(S(=O)(=O)N(C)C)cc1C(=O)N1CCCC1C(=O)O. The van der Waals surface area contributed by atoms with Gasteiger partial charge in [0.05, 0.1) is 5.56 Å². The Hall–Kier alpha value is -1.87. The van der Waals surface area contributed by atoms with Gasteiger partial charge in [-0.2, -0.15) is 0 Å². The summed E-state index contributed by atoms with van der Waals surface area (Å²) in [6, 6.07) is 0.278. The number of carbonyl (C=O) groups is 2. The molecule has 1 fully saturated rings. The number of carboxylic acid groups (broad SMARTS) is 1. The molecule has 1 saturated heterocycles. The molecule has 2 rings (SSSR count). The molecule has 122 valence electrons. The van der Waals surface area contributed by atoms with Crippen LogP contribution in [-0.2, 0) is 14.8 Å². The Morgan fingerprint density at radius 2 is 2.05 bits per heavy atom. The van der Waals surface area contributed by atoms with Gasteiger partial charge < -0.3 is 14.4 Å². The molecular weight excluding hydrogens is 312 g/mol. The van der Waals surface area contributed by atoms with E-state index >= 15 is 0 Å². The van der Waals surface area contributed by atoms with Gasteiger partial charge in [0.25, 0.3) is 15.9 Å². The van der Waals surface area contributed by atoms with Gasteiger partial charge in [-0.05, 0) is 19.8 Å². The van der Waals surface area contributed by atoms with Crippen LogP contribution in [0.1, 0.15) is 29.0 Å². The van der Waals surface area contributed by atoms with Gasteiger partial charge in [-0.1, -0.05) is 0 Å². The van der Waals surface area contributed by atoms with Crippen molar-refractivity contribution in [2.75, 3.05) is 20.6 Å². The molecule has 1 aliphatic heterocycles. The molecule has 1 amide bonds. The van der Waals surface area contributed by atoms with Crippen molar-refractivity contribution < 1.29 is 27.5 Å². The maximum absolute atomic E-state index is 12.5. The number of amides is 1. The molecule has 0 aromatic carbocycles. The quantitative estimate of drug-likeness (QED) is 0.862. The lowest BCUT2D eigenvalue weighted by molar-refractivity contribution is -0.141. The lowest BCUT2D eigenvalue weighted by Crippen LogP contribution is -2.40. The van der Waals surface area contributed by atoms with Crippen molar-refractivity contribution >= 4 is 21.9 Å². The second-order valence-corrected chi connectivity index (χ2v) is 7.40. The Kier molecular flexibility index (Phi) is 4.30. The number of likely N-dealkylation sites (tertiary alicyclic amines) is 1. The van der Waals surface area contributed by atoms with Crippen LogP contribution in [-0.4, -0.2) is 61.3 Å². The van der Waals surface area contributed by atoms with E-state index in [0.29, 0.717) is 19.4 Å². The van der Waals surface area contributed by atoms with E-state index in [1.807, 2.05) is 0 Å². The predicted octanol–water partition coefficient (Wildman–Crippen LogP) is 0.528. The van der Waals surface area contributed by atoms with Crippen LogP contribution in [0.4, 0.5) is 0 Å². The van der Waals surface area contributed by atoms with Gasteiger partial charge in [0.15, 0.2) is 0 Å². The number of aliphatic carboxylic acids is 1. The fraction of sp³-hybridized carbons (Fsp3) is 0.538. The molecule has 0 radical (unpaired) electrons. The van der Waals surface area contributed by atoms with E-state index in [0.717, 1.165) is 10.4 Å². The minimum Gasteiger partial charge on any atom is -0.480 e. The molecule has 0 saturated carbocycles. The van der Waals surface area contributed by atoms with Crippen molar-refractivity contribution in [3.05, 3.63) is 17.4 Å². The van der Waals surface area contributed by atoms with Crippen LogP contribution in [0.3, 0.4) is 0 Å². The molecule has 1 N–H and O–H groups in total. The van der Waals surface area contributed by atoms with Crippen molar-refractivity contribution in [3.8, 4) is 0 Å². The molecule has 2 heterocycles. The molecule has 9 heteroatoms. The molecule has 0 spiro atoms. The molecule has 0 bridgehead atoms. The molecular formula is C13H18N2O6S. The fourth-order valence-electron chi connectivity index (χ4n) is 2.40. The smallest absolute Gasteiger partial charge is 0.326 e. The zero-order valence-electron chi connectivity index (χ0n) is 12.6. The third-order valence-corrected chi connectivity index (χ3v) is 5.33. The molecule has 8 nitrogen and oxygen atoms in total. The monoisotopic (exact) mass is 330 g/mol. The van der Waals surface area contributed by atoms with E-state index in [1.165, 1.54) is 25.9 Å². The lowest BCUT2D eigenvalue weighted by atomic mass is 10.2. The number of hydrogen-bond acceptors (Lipinski definition) is 5. The number of furan rings is 1. The van der Waals surface area contributed by atoms with Crippen LogP contribution >= 0.6 is 0 Å². The summed E-state index contributed by atoms with van der Waals surface area (Å²) in [4.78, 5) is 24.9. The van der Waals surface area contributed by atoms with Gasteiger partial charge in [0.2, 0.25) is 5.09 Å². The molecule has 1 aromatic rings. The number of carboxylic acids is 1.